The van der Waals surface area contributed by atoms with Gasteiger partial charge in [-0.05, 0) is 23.6 Å². The first kappa shape index (κ1) is 16.7. The van der Waals surface area contributed by atoms with Gasteiger partial charge in [0.15, 0.2) is 5.82 Å². The molecule has 1 spiro atoms. The number of anilines is 1. The van der Waals surface area contributed by atoms with Crippen molar-refractivity contribution in [3.63, 3.8) is 0 Å². The lowest BCUT2D eigenvalue weighted by Crippen LogP contribution is -2.43. The summed E-state index contributed by atoms with van der Waals surface area (Å²) in [6, 6.07) is 17.2. The number of amides is 2. The Morgan fingerprint density at radius 3 is 2.64 bits per heavy atom. The fourth-order valence-corrected chi connectivity index (χ4v) is 4.70. The number of nitrogens with one attached hydrogen (secondary N) is 1. The van der Waals surface area contributed by atoms with Gasteiger partial charge in [0, 0.05) is 31.7 Å². The number of rotatable bonds is 2. The van der Waals surface area contributed by atoms with Crippen LogP contribution in [-0.2, 0) is 17.3 Å². The zero-order chi connectivity index (χ0) is 19.3. The topological polar surface area (TPSA) is 67.2 Å². The minimum atomic E-state index is -0.793. The van der Waals surface area contributed by atoms with Crippen LogP contribution >= 0.6 is 0 Å². The molecule has 1 N–H and O–H groups in total. The van der Waals surface area contributed by atoms with Gasteiger partial charge in [-0.1, -0.05) is 48.5 Å². The maximum absolute atomic E-state index is 13.4. The molecular formula is C22H20N4O2. The molecule has 1 saturated heterocycles. The molecular weight excluding hydrogens is 352 g/mol. The second kappa shape index (κ2) is 6.05. The van der Waals surface area contributed by atoms with Crippen LogP contribution in [0, 0.1) is 0 Å². The summed E-state index contributed by atoms with van der Waals surface area (Å²) in [5, 5.41) is 3.04. The number of hydrogen-bond acceptors (Lipinski definition) is 3. The van der Waals surface area contributed by atoms with E-state index < -0.39 is 5.41 Å². The predicted octanol–water partition coefficient (Wildman–Crippen LogP) is 2.90. The number of carbonyl (C=O) groups excluding carboxylic acids is 2. The number of hydrogen-bond donors (Lipinski definition) is 1. The van der Waals surface area contributed by atoms with Crippen molar-refractivity contribution in [2.75, 3.05) is 11.9 Å². The number of likely N-dealkylation sites (tertiary alicyclic amines) is 1. The third-order valence-corrected chi connectivity index (χ3v) is 5.98. The van der Waals surface area contributed by atoms with Crippen LogP contribution in [0.5, 0.6) is 0 Å². The molecule has 2 aliphatic rings. The van der Waals surface area contributed by atoms with Crippen LogP contribution in [0.2, 0.25) is 0 Å². The van der Waals surface area contributed by atoms with E-state index in [9.17, 15) is 9.59 Å². The standard InChI is InChI=1S/C22H20N4O2/c1-25-14-12-23-19(25)20(27)26-13-11-22(18(26)15-7-3-2-4-8-15)16-9-5-6-10-17(16)24-21(22)28/h2-10,12,14,18H,11,13H2,1H3,(H,24,28). The average molecular weight is 372 g/mol. The Labute approximate surface area is 162 Å². The number of aromatic nitrogens is 2. The summed E-state index contributed by atoms with van der Waals surface area (Å²) >= 11 is 0. The highest BCUT2D eigenvalue weighted by Crippen LogP contribution is 2.54. The predicted molar refractivity (Wildman–Crippen MR) is 105 cm³/mol. The molecule has 2 aromatic carbocycles. The molecule has 2 atom stereocenters. The van der Waals surface area contributed by atoms with Crippen LogP contribution < -0.4 is 5.32 Å². The summed E-state index contributed by atoms with van der Waals surface area (Å²) in [7, 11) is 1.81. The summed E-state index contributed by atoms with van der Waals surface area (Å²) < 4.78 is 1.72. The van der Waals surface area contributed by atoms with Crippen molar-refractivity contribution < 1.29 is 9.59 Å². The van der Waals surface area contributed by atoms with Crippen molar-refractivity contribution in [1.29, 1.82) is 0 Å². The Bertz CT molecular complexity index is 1070. The molecule has 2 unspecified atom stereocenters. The first-order valence-electron chi connectivity index (χ1n) is 9.37. The number of benzene rings is 2. The van der Waals surface area contributed by atoms with Crippen molar-refractivity contribution >= 4 is 17.5 Å². The smallest absolute Gasteiger partial charge is 0.290 e. The summed E-state index contributed by atoms with van der Waals surface area (Å²) in [6.07, 6.45) is 3.95. The van der Waals surface area contributed by atoms with Crippen LogP contribution in [-0.4, -0.2) is 32.8 Å². The molecule has 3 aromatic rings. The van der Waals surface area contributed by atoms with Gasteiger partial charge in [0.2, 0.25) is 5.91 Å². The van der Waals surface area contributed by atoms with Gasteiger partial charge in [-0.25, -0.2) is 4.98 Å². The molecule has 0 radical (unpaired) electrons. The summed E-state index contributed by atoms with van der Waals surface area (Å²) in [6.45, 7) is 0.493. The van der Waals surface area contributed by atoms with E-state index in [2.05, 4.69) is 10.3 Å². The summed E-state index contributed by atoms with van der Waals surface area (Å²) in [5.74, 6) is 0.178. The zero-order valence-electron chi connectivity index (χ0n) is 15.5. The first-order chi connectivity index (χ1) is 13.6. The molecule has 3 heterocycles. The number of para-hydroxylation sites is 1. The van der Waals surface area contributed by atoms with Crippen molar-refractivity contribution in [3.8, 4) is 0 Å². The Morgan fingerprint density at radius 2 is 1.89 bits per heavy atom. The minimum absolute atomic E-state index is 0.0438. The Morgan fingerprint density at radius 1 is 1.14 bits per heavy atom. The van der Waals surface area contributed by atoms with Gasteiger partial charge in [0.1, 0.15) is 5.41 Å². The monoisotopic (exact) mass is 372 g/mol. The van der Waals surface area contributed by atoms with Gasteiger partial charge in [-0.15, -0.1) is 0 Å². The number of fused-ring (bicyclic) bond motifs is 2. The van der Waals surface area contributed by atoms with E-state index in [4.69, 9.17) is 0 Å². The molecule has 1 fully saturated rings. The third-order valence-electron chi connectivity index (χ3n) is 5.98. The molecule has 6 nitrogen and oxygen atoms in total. The molecule has 0 bridgehead atoms. The lowest BCUT2D eigenvalue weighted by molar-refractivity contribution is -0.121. The highest BCUT2D eigenvalue weighted by molar-refractivity contribution is 6.08. The molecule has 140 valence electrons. The highest BCUT2D eigenvalue weighted by atomic mass is 16.2. The van der Waals surface area contributed by atoms with E-state index >= 15 is 0 Å². The zero-order valence-corrected chi connectivity index (χ0v) is 15.5. The van der Waals surface area contributed by atoms with E-state index in [-0.39, 0.29) is 17.9 Å². The molecule has 28 heavy (non-hydrogen) atoms. The van der Waals surface area contributed by atoms with E-state index in [0.29, 0.717) is 18.8 Å². The van der Waals surface area contributed by atoms with E-state index in [0.717, 1.165) is 16.8 Å². The van der Waals surface area contributed by atoms with E-state index in [1.165, 1.54) is 0 Å². The fourth-order valence-electron chi connectivity index (χ4n) is 4.70. The van der Waals surface area contributed by atoms with Gasteiger partial charge < -0.3 is 14.8 Å². The largest absolute Gasteiger partial charge is 0.330 e. The highest BCUT2D eigenvalue weighted by Gasteiger charge is 2.59. The number of carbonyl (C=O) groups is 2. The lowest BCUT2D eigenvalue weighted by atomic mass is 9.72. The Hall–Kier alpha value is -3.41. The van der Waals surface area contributed by atoms with Gasteiger partial charge in [-0.2, -0.15) is 0 Å². The second-order valence-electron chi connectivity index (χ2n) is 7.39. The van der Waals surface area contributed by atoms with E-state index in [1.54, 1.807) is 28.9 Å². The Balaban J connectivity index is 1.69. The second-order valence-corrected chi connectivity index (χ2v) is 7.39. The van der Waals surface area contributed by atoms with Gasteiger partial charge in [0.05, 0.1) is 6.04 Å². The van der Waals surface area contributed by atoms with Crippen LogP contribution in [0.4, 0.5) is 5.69 Å². The number of imidazole rings is 1. The number of nitrogens with zero attached hydrogens (tertiary/aromatic N) is 3. The van der Waals surface area contributed by atoms with Crippen molar-refractivity contribution in [3.05, 3.63) is 83.9 Å². The van der Waals surface area contributed by atoms with Gasteiger partial charge >= 0.3 is 0 Å². The molecule has 1 aromatic heterocycles. The molecule has 0 aliphatic carbocycles. The molecule has 5 rings (SSSR count). The summed E-state index contributed by atoms with van der Waals surface area (Å²) in [5.41, 5.74) is 1.96. The lowest BCUT2D eigenvalue weighted by Gasteiger charge is -2.34. The Kier molecular flexibility index (Phi) is 3.62. The quantitative estimate of drug-likeness (QED) is 0.752. The summed E-state index contributed by atoms with van der Waals surface area (Å²) in [4.78, 5) is 32.7. The maximum atomic E-state index is 13.4. The van der Waals surface area contributed by atoms with Crippen molar-refractivity contribution in [2.45, 2.75) is 17.9 Å². The first-order valence-corrected chi connectivity index (χ1v) is 9.37. The van der Waals surface area contributed by atoms with Crippen LogP contribution in [0.1, 0.15) is 34.2 Å². The van der Waals surface area contributed by atoms with Crippen LogP contribution in [0.25, 0.3) is 0 Å². The van der Waals surface area contributed by atoms with Gasteiger partial charge in [0.25, 0.3) is 5.91 Å². The molecule has 2 amide bonds. The average Bonchev–Trinajstić information content (AvgIpc) is 3.40. The van der Waals surface area contributed by atoms with Gasteiger partial charge in [-0.3, -0.25) is 9.59 Å². The fraction of sp³-hybridized carbons (Fsp3) is 0.227. The maximum Gasteiger partial charge on any atom is 0.290 e. The third kappa shape index (κ3) is 2.17. The van der Waals surface area contributed by atoms with E-state index in [1.807, 2.05) is 54.6 Å². The van der Waals surface area contributed by atoms with Crippen LogP contribution in [0.3, 0.4) is 0 Å². The van der Waals surface area contributed by atoms with Crippen LogP contribution in [0.15, 0.2) is 67.0 Å². The normalized spacial score (nSPS) is 23.1. The molecule has 6 heteroatoms. The van der Waals surface area contributed by atoms with Crippen molar-refractivity contribution in [2.24, 2.45) is 7.05 Å². The minimum Gasteiger partial charge on any atom is -0.330 e. The molecule has 2 aliphatic heterocycles. The molecule has 0 saturated carbocycles. The SMILES string of the molecule is Cn1ccnc1C(=O)N1CCC2(C(=O)Nc3ccccc32)C1c1ccccc1. The number of aryl methyl sites for hydroxylation is 1. The van der Waals surface area contributed by atoms with Crippen molar-refractivity contribution in [1.82, 2.24) is 14.5 Å².